The second kappa shape index (κ2) is 7.95. The van der Waals surface area contributed by atoms with Gasteiger partial charge in [0, 0.05) is 11.6 Å². The zero-order valence-electron chi connectivity index (χ0n) is 12.3. The molecule has 0 aliphatic rings. The van der Waals surface area contributed by atoms with E-state index in [9.17, 15) is 9.59 Å². The van der Waals surface area contributed by atoms with Crippen molar-refractivity contribution in [2.24, 2.45) is 0 Å². The normalized spacial score (nSPS) is 12.1. The number of ketones is 1. The van der Waals surface area contributed by atoms with Crippen LogP contribution in [0.4, 0.5) is 0 Å². The van der Waals surface area contributed by atoms with Crippen LogP contribution >= 0.6 is 23.2 Å². The predicted molar refractivity (Wildman–Crippen MR) is 91.8 cm³/mol. The SMILES string of the molecule is C[C@@H](OC(=O)/C=C/c1ccc(Cl)c(Cl)c1)C(=O)c1ccccc1. The maximum Gasteiger partial charge on any atom is 0.331 e. The summed E-state index contributed by atoms with van der Waals surface area (Å²) < 4.78 is 5.11. The molecule has 0 fully saturated rings. The number of halogens is 2. The Hall–Kier alpha value is -2.10. The molecule has 0 bridgehead atoms. The molecule has 2 aromatic rings. The molecule has 23 heavy (non-hydrogen) atoms. The molecule has 0 saturated carbocycles. The fraction of sp³-hybridized carbons (Fsp3) is 0.111. The maximum absolute atomic E-state index is 12.1. The number of esters is 1. The van der Waals surface area contributed by atoms with Crippen LogP contribution in [0.25, 0.3) is 6.08 Å². The van der Waals surface area contributed by atoms with E-state index >= 15 is 0 Å². The second-order valence-corrected chi connectivity index (χ2v) is 5.63. The lowest BCUT2D eigenvalue weighted by Crippen LogP contribution is -2.23. The number of hydrogen-bond donors (Lipinski definition) is 0. The minimum absolute atomic E-state index is 0.248. The monoisotopic (exact) mass is 348 g/mol. The van der Waals surface area contributed by atoms with Gasteiger partial charge in [-0.25, -0.2) is 4.79 Å². The lowest BCUT2D eigenvalue weighted by atomic mass is 10.1. The van der Waals surface area contributed by atoms with Gasteiger partial charge in [0.1, 0.15) is 0 Å². The topological polar surface area (TPSA) is 43.4 Å². The van der Waals surface area contributed by atoms with Crippen molar-refractivity contribution < 1.29 is 14.3 Å². The molecule has 118 valence electrons. The van der Waals surface area contributed by atoms with E-state index in [1.807, 2.05) is 6.07 Å². The summed E-state index contributed by atoms with van der Waals surface area (Å²) in [6.45, 7) is 1.54. The van der Waals surface area contributed by atoms with Gasteiger partial charge in [0.2, 0.25) is 5.78 Å². The molecule has 0 spiro atoms. The number of ether oxygens (including phenoxy) is 1. The maximum atomic E-state index is 12.1. The first-order valence-corrected chi connectivity index (χ1v) is 7.66. The third-order valence-corrected chi connectivity index (χ3v) is 3.82. The van der Waals surface area contributed by atoms with Gasteiger partial charge in [-0.1, -0.05) is 59.6 Å². The quantitative estimate of drug-likeness (QED) is 0.442. The van der Waals surface area contributed by atoms with Crippen molar-refractivity contribution in [3.63, 3.8) is 0 Å². The number of rotatable bonds is 5. The van der Waals surface area contributed by atoms with E-state index in [0.29, 0.717) is 21.2 Å². The Morgan fingerprint density at radius 3 is 2.39 bits per heavy atom. The highest BCUT2D eigenvalue weighted by Gasteiger charge is 2.17. The van der Waals surface area contributed by atoms with Crippen LogP contribution in [0.15, 0.2) is 54.6 Å². The number of Topliss-reactive ketones (excluding diaryl/α,β-unsaturated/α-hetero) is 1. The molecule has 0 heterocycles. The summed E-state index contributed by atoms with van der Waals surface area (Å²) in [6, 6.07) is 13.7. The van der Waals surface area contributed by atoms with Crippen LogP contribution < -0.4 is 0 Å². The molecule has 2 aromatic carbocycles. The highest BCUT2D eigenvalue weighted by atomic mass is 35.5. The molecule has 2 rings (SSSR count). The van der Waals surface area contributed by atoms with E-state index in [1.54, 1.807) is 55.5 Å². The van der Waals surface area contributed by atoms with Crippen molar-refractivity contribution >= 4 is 41.0 Å². The highest BCUT2D eigenvalue weighted by molar-refractivity contribution is 6.42. The van der Waals surface area contributed by atoms with Gasteiger partial charge >= 0.3 is 5.97 Å². The standard InChI is InChI=1S/C18H14Cl2O3/c1-12(18(22)14-5-3-2-4-6-14)23-17(21)10-8-13-7-9-15(19)16(20)11-13/h2-12H,1H3/b10-8+/t12-/m1/s1. The molecule has 0 radical (unpaired) electrons. The van der Waals surface area contributed by atoms with Crippen LogP contribution in [-0.2, 0) is 9.53 Å². The van der Waals surface area contributed by atoms with Gasteiger partial charge in [0.25, 0.3) is 0 Å². The van der Waals surface area contributed by atoms with Gasteiger partial charge < -0.3 is 4.74 Å². The molecule has 0 N–H and O–H groups in total. The van der Waals surface area contributed by atoms with E-state index in [2.05, 4.69) is 0 Å². The first-order chi connectivity index (χ1) is 11.0. The van der Waals surface area contributed by atoms with Gasteiger partial charge in [-0.2, -0.15) is 0 Å². The van der Waals surface area contributed by atoms with E-state index < -0.39 is 12.1 Å². The molecule has 0 aliphatic heterocycles. The summed E-state index contributed by atoms with van der Waals surface area (Å²) >= 11 is 11.7. The molecular formula is C18H14Cl2O3. The zero-order chi connectivity index (χ0) is 16.8. The molecule has 0 saturated heterocycles. The summed E-state index contributed by atoms with van der Waals surface area (Å²) in [7, 11) is 0. The van der Waals surface area contributed by atoms with Crippen LogP contribution in [0.2, 0.25) is 10.0 Å². The van der Waals surface area contributed by atoms with Crippen molar-refractivity contribution in [3.8, 4) is 0 Å². The molecule has 0 amide bonds. The van der Waals surface area contributed by atoms with Crippen LogP contribution in [0.3, 0.4) is 0 Å². The first-order valence-electron chi connectivity index (χ1n) is 6.90. The summed E-state index contributed by atoms with van der Waals surface area (Å²) in [4.78, 5) is 23.9. The Bertz CT molecular complexity index is 739. The zero-order valence-corrected chi connectivity index (χ0v) is 13.8. The van der Waals surface area contributed by atoms with Gasteiger partial charge in [-0.05, 0) is 30.7 Å². The fourth-order valence-electron chi connectivity index (χ4n) is 1.88. The van der Waals surface area contributed by atoms with Crippen LogP contribution in [0, 0.1) is 0 Å². The van der Waals surface area contributed by atoms with Crippen molar-refractivity contribution in [2.45, 2.75) is 13.0 Å². The van der Waals surface area contributed by atoms with E-state index in [1.165, 1.54) is 6.08 Å². The number of benzene rings is 2. The Morgan fingerprint density at radius 1 is 1.04 bits per heavy atom. The highest BCUT2D eigenvalue weighted by Crippen LogP contribution is 2.23. The molecule has 0 unspecified atom stereocenters. The van der Waals surface area contributed by atoms with Gasteiger partial charge in [-0.15, -0.1) is 0 Å². The van der Waals surface area contributed by atoms with E-state index in [-0.39, 0.29) is 5.78 Å². The third kappa shape index (κ3) is 4.95. The third-order valence-electron chi connectivity index (χ3n) is 3.08. The van der Waals surface area contributed by atoms with Gasteiger partial charge in [-0.3, -0.25) is 4.79 Å². The molecule has 0 aromatic heterocycles. The van der Waals surface area contributed by atoms with Crippen LogP contribution in [-0.4, -0.2) is 17.9 Å². The lowest BCUT2D eigenvalue weighted by Gasteiger charge is -2.10. The molecular weight excluding hydrogens is 335 g/mol. The minimum Gasteiger partial charge on any atom is -0.451 e. The van der Waals surface area contributed by atoms with Crippen LogP contribution in [0.1, 0.15) is 22.8 Å². The predicted octanol–water partition coefficient (Wildman–Crippen LogP) is 4.82. The number of carbonyl (C=O) groups is 2. The summed E-state index contributed by atoms with van der Waals surface area (Å²) in [6.07, 6.45) is 1.93. The summed E-state index contributed by atoms with van der Waals surface area (Å²) in [5, 5.41) is 0.836. The van der Waals surface area contributed by atoms with E-state index in [4.69, 9.17) is 27.9 Å². The second-order valence-electron chi connectivity index (χ2n) is 4.82. The number of hydrogen-bond acceptors (Lipinski definition) is 3. The Morgan fingerprint density at radius 2 is 1.74 bits per heavy atom. The Balaban J connectivity index is 1.97. The largest absolute Gasteiger partial charge is 0.451 e. The van der Waals surface area contributed by atoms with Gasteiger partial charge in [0.05, 0.1) is 10.0 Å². The van der Waals surface area contributed by atoms with Crippen molar-refractivity contribution in [3.05, 3.63) is 75.8 Å². The first kappa shape index (κ1) is 17.3. The Kier molecular flexibility index (Phi) is 5.97. The molecule has 1 atom stereocenters. The van der Waals surface area contributed by atoms with Crippen molar-refractivity contribution in [2.75, 3.05) is 0 Å². The van der Waals surface area contributed by atoms with Crippen LogP contribution in [0.5, 0.6) is 0 Å². The molecule has 0 aliphatic carbocycles. The van der Waals surface area contributed by atoms with Gasteiger partial charge in [0.15, 0.2) is 6.10 Å². The van der Waals surface area contributed by atoms with E-state index in [0.717, 1.165) is 0 Å². The van der Waals surface area contributed by atoms with Crippen molar-refractivity contribution in [1.82, 2.24) is 0 Å². The van der Waals surface area contributed by atoms with Crippen molar-refractivity contribution in [1.29, 1.82) is 0 Å². The Labute approximate surface area is 144 Å². The average molecular weight is 349 g/mol. The molecule has 5 heteroatoms. The molecule has 3 nitrogen and oxygen atoms in total. The smallest absolute Gasteiger partial charge is 0.331 e. The summed E-state index contributed by atoms with van der Waals surface area (Å²) in [5.74, 6) is -0.852. The summed E-state index contributed by atoms with van der Waals surface area (Å²) in [5.41, 5.74) is 1.21. The minimum atomic E-state index is -0.858. The fourth-order valence-corrected chi connectivity index (χ4v) is 2.19. The average Bonchev–Trinajstić information content (AvgIpc) is 2.56. The number of carbonyl (C=O) groups excluding carboxylic acids is 2. The lowest BCUT2D eigenvalue weighted by molar-refractivity contribution is -0.140.